The molecular weight excluding hydrogens is 403 g/mol. The molecule has 31 heavy (non-hydrogen) atoms. The monoisotopic (exact) mass is 426 g/mol. The van der Waals surface area contributed by atoms with Crippen LogP contribution >= 0.6 is 0 Å². The molecule has 3 aromatic rings. The van der Waals surface area contributed by atoms with E-state index in [1.807, 2.05) is 0 Å². The van der Waals surface area contributed by atoms with E-state index in [2.05, 4.69) is 10.4 Å². The number of aliphatic hydroxyl groups excluding tert-OH is 1. The van der Waals surface area contributed by atoms with Crippen molar-refractivity contribution in [3.05, 3.63) is 59.5 Å². The zero-order valence-electron chi connectivity index (χ0n) is 17.0. The van der Waals surface area contributed by atoms with Crippen LogP contribution in [-0.4, -0.2) is 57.8 Å². The van der Waals surface area contributed by atoms with Gasteiger partial charge in [0, 0.05) is 31.1 Å². The standard InChI is InChI=1S/C22H23FN4O4/c1-24-21(29)19(12-28)26-9-4-10-27-20(22(26)30)16-11-15(7-8-18(16)25-27)31-13-14-5-2-3-6-17(14)23/h2-3,5-8,11,19,28H,4,9-10,12-13H2,1H3,(H,24,29). The molecule has 8 nitrogen and oxygen atoms in total. The number of amides is 2. The van der Waals surface area contributed by atoms with Gasteiger partial charge in [0.2, 0.25) is 5.91 Å². The number of carbonyl (C=O) groups excluding carboxylic acids is 2. The average molecular weight is 426 g/mol. The number of benzene rings is 2. The molecule has 4 rings (SSSR count). The number of rotatable bonds is 6. The number of hydrogen-bond acceptors (Lipinski definition) is 5. The smallest absolute Gasteiger partial charge is 0.273 e. The highest BCUT2D eigenvalue weighted by Gasteiger charge is 2.34. The molecule has 0 radical (unpaired) electrons. The van der Waals surface area contributed by atoms with Crippen LogP contribution in [-0.2, 0) is 17.9 Å². The maximum atomic E-state index is 13.9. The second-order valence-electron chi connectivity index (χ2n) is 7.30. The van der Waals surface area contributed by atoms with Gasteiger partial charge >= 0.3 is 0 Å². The molecular formula is C22H23FN4O4. The number of aliphatic hydroxyl groups is 1. The Bertz CT molecular complexity index is 1130. The Morgan fingerprint density at radius 3 is 2.84 bits per heavy atom. The summed E-state index contributed by atoms with van der Waals surface area (Å²) in [6.07, 6.45) is 0.594. The number of aromatic nitrogens is 2. The van der Waals surface area contributed by atoms with Crippen LogP contribution in [0.4, 0.5) is 4.39 Å². The van der Waals surface area contributed by atoms with Gasteiger partial charge < -0.3 is 20.1 Å². The van der Waals surface area contributed by atoms with Gasteiger partial charge in [-0.1, -0.05) is 18.2 Å². The van der Waals surface area contributed by atoms with Crippen molar-refractivity contribution < 1.29 is 23.8 Å². The zero-order valence-corrected chi connectivity index (χ0v) is 17.0. The maximum Gasteiger partial charge on any atom is 0.273 e. The zero-order chi connectivity index (χ0) is 22.0. The number of nitrogens with one attached hydrogen (secondary N) is 1. The third-order valence-corrected chi connectivity index (χ3v) is 5.39. The first kappa shape index (κ1) is 20.8. The molecule has 1 aliphatic heterocycles. The van der Waals surface area contributed by atoms with Crippen LogP contribution in [0.25, 0.3) is 10.9 Å². The minimum Gasteiger partial charge on any atom is -0.489 e. The van der Waals surface area contributed by atoms with Gasteiger partial charge in [0.05, 0.1) is 12.1 Å². The second kappa shape index (κ2) is 8.73. The van der Waals surface area contributed by atoms with Gasteiger partial charge in [0.1, 0.15) is 29.9 Å². The summed E-state index contributed by atoms with van der Waals surface area (Å²) in [5, 5.41) is 17.3. The van der Waals surface area contributed by atoms with Crippen LogP contribution in [0, 0.1) is 5.82 Å². The lowest BCUT2D eigenvalue weighted by Gasteiger charge is -2.27. The van der Waals surface area contributed by atoms with Crippen LogP contribution in [0.5, 0.6) is 5.75 Å². The number of carbonyl (C=O) groups is 2. The molecule has 0 saturated carbocycles. The van der Waals surface area contributed by atoms with Gasteiger partial charge in [-0.2, -0.15) is 5.10 Å². The molecule has 1 aromatic heterocycles. The van der Waals surface area contributed by atoms with E-state index in [0.717, 1.165) is 0 Å². The van der Waals surface area contributed by atoms with Crippen molar-refractivity contribution in [2.75, 3.05) is 20.2 Å². The van der Waals surface area contributed by atoms with E-state index in [1.54, 1.807) is 41.1 Å². The Balaban J connectivity index is 1.67. The summed E-state index contributed by atoms with van der Waals surface area (Å²) in [4.78, 5) is 26.9. The average Bonchev–Trinajstić information content (AvgIpc) is 3.06. The van der Waals surface area contributed by atoms with Crippen LogP contribution in [0.2, 0.25) is 0 Å². The van der Waals surface area contributed by atoms with E-state index in [1.165, 1.54) is 18.0 Å². The van der Waals surface area contributed by atoms with E-state index in [-0.39, 0.29) is 18.3 Å². The molecule has 1 atom stereocenters. The fourth-order valence-corrected chi connectivity index (χ4v) is 3.78. The predicted octanol–water partition coefficient (Wildman–Crippen LogP) is 1.71. The predicted molar refractivity (Wildman–Crippen MR) is 111 cm³/mol. The van der Waals surface area contributed by atoms with E-state index in [0.29, 0.717) is 47.4 Å². The van der Waals surface area contributed by atoms with Gasteiger partial charge in [0.15, 0.2) is 0 Å². The number of hydrogen-bond donors (Lipinski definition) is 2. The minimum absolute atomic E-state index is 0.0466. The third-order valence-electron chi connectivity index (χ3n) is 5.39. The van der Waals surface area contributed by atoms with Crippen molar-refractivity contribution in [2.24, 2.45) is 0 Å². The molecule has 162 valence electrons. The quantitative estimate of drug-likeness (QED) is 0.626. The van der Waals surface area contributed by atoms with E-state index in [4.69, 9.17) is 4.74 Å². The van der Waals surface area contributed by atoms with Gasteiger partial charge in [-0.3, -0.25) is 14.3 Å². The number of fused-ring (bicyclic) bond motifs is 3. The number of ether oxygens (including phenoxy) is 1. The van der Waals surface area contributed by atoms with Crippen molar-refractivity contribution in [1.82, 2.24) is 20.0 Å². The summed E-state index contributed by atoms with van der Waals surface area (Å²) in [5.41, 5.74) is 1.38. The van der Waals surface area contributed by atoms with Gasteiger partial charge in [-0.25, -0.2) is 4.39 Å². The molecule has 0 fully saturated rings. The summed E-state index contributed by atoms with van der Waals surface area (Å²) in [6.45, 7) is 0.398. The highest BCUT2D eigenvalue weighted by atomic mass is 19.1. The molecule has 2 N–H and O–H groups in total. The molecule has 2 aromatic carbocycles. The first-order chi connectivity index (χ1) is 15.0. The highest BCUT2D eigenvalue weighted by Crippen LogP contribution is 2.28. The fraction of sp³-hybridized carbons (Fsp3) is 0.318. The molecule has 0 saturated heterocycles. The van der Waals surface area contributed by atoms with Crippen LogP contribution < -0.4 is 10.1 Å². The fourth-order valence-electron chi connectivity index (χ4n) is 3.78. The normalized spacial score (nSPS) is 14.8. The first-order valence-corrected chi connectivity index (χ1v) is 10.0. The van der Waals surface area contributed by atoms with Crippen molar-refractivity contribution in [3.8, 4) is 5.75 Å². The summed E-state index contributed by atoms with van der Waals surface area (Å²) in [6, 6.07) is 10.6. The van der Waals surface area contributed by atoms with E-state index >= 15 is 0 Å². The Morgan fingerprint density at radius 1 is 1.29 bits per heavy atom. The summed E-state index contributed by atoms with van der Waals surface area (Å²) >= 11 is 0. The second-order valence-corrected chi connectivity index (χ2v) is 7.30. The first-order valence-electron chi connectivity index (χ1n) is 10.0. The topological polar surface area (TPSA) is 96.7 Å². The molecule has 0 spiro atoms. The number of halogens is 1. The Morgan fingerprint density at radius 2 is 2.10 bits per heavy atom. The Labute approximate surface area is 178 Å². The molecule has 1 aliphatic rings. The molecule has 2 heterocycles. The highest BCUT2D eigenvalue weighted by molar-refractivity contribution is 6.06. The summed E-state index contributed by atoms with van der Waals surface area (Å²) < 4.78 is 21.3. The van der Waals surface area contributed by atoms with Crippen LogP contribution in [0.3, 0.4) is 0 Å². The Kier molecular flexibility index (Phi) is 5.85. The third kappa shape index (κ3) is 3.96. The minimum atomic E-state index is -0.977. The lowest BCUT2D eigenvalue weighted by atomic mass is 10.1. The van der Waals surface area contributed by atoms with Gasteiger partial charge in [-0.05, 0) is 30.7 Å². The number of likely N-dealkylation sites (N-methyl/N-ethyl adjacent to an activating group) is 1. The largest absolute Gasteiger partial charge is 0.489 e. The molecule has 0 aliphatic carbocycles. The molecule has 2 amide bonds. The number of aryl methyl sites for hydroxylation is 1. The van der Waals surface area contributed by atoms with Crippen molar-refractivity contribution >= 4 is 22.7 Å². The molecule has 9 heteroatoms. The van der Waals surface area contributed by atoms with Crippen LogP contribution in [0.1, 0.15) is 22.5 Å². The van der Waals surface area contributed by atoms with Gasteiger partial charge in [0.25, 0.3) is 5.91 Å². The molecule has 0 bridgehead atoms. The Hall–Kier alpha value is -3.46. The van der Waals surface area contributed by atoms with Gasteiger partial charge in [-0.15, -0.1) is 0 Å². The molecule has 1 unspecified atom stereocenters. The summed E-state index contributed by atoms with van der Waals surface area (Å²) in [5.74, 6) is -0.686. The van der Waals surface area contributed by atoms with E-state index in [9.17, 15) is 19.1 Å². The van der Waals surface area contributed by atoms with Crippen LogP contribution in [0.15, 0.2) is 42.5 Å². The SMILES string of the molecule is CNC(=O)C(CO)N1CCCn2nc3ccc(OCc4ccccc4F)cc3c2C1=O. The van der Waals surface area contributed by atoms with E-state index < -0.39 is 18.6 Å². The number of nitrogens with zero attached hydrogens (tertiary/aromatic N) is 3. The lowest BCUT2D eigenvalue weighted by Crippen LogP contribution is -2.51. The van der Waals surface area contributed by atoms with Crippen molar-refractivity contribution in [3.63, 3.8) is 0 Å². The van der Waals surface area contributed by atoms with Crippen molar-refractivity contribution in [2.45, 2.75) is 25.6 Å². The summed E-state index contributed by atoms with van der Waals surface area (Å²) in [7, 11) is 1.46. The maximum absolute atomic E-state index is 13.9. The van der Waals surface area contributed by atoms with Crippen molar-refractivity contribution in [1.29, 1.82) is 0 Å². The lowest BCUT2D eigenvalue weighted by molar-refractivity contribution is -0.126.